The Balaban J connectivity index is 2.75. The Labute approximate surface area is 108 Å². The van der Waals surface area contributed by atoms with Crippen molar-refractivity contribution in [3.8, 4) is 0 Å². The van der Waals surface area contributed by atoms with Crippen LogP contribution in [0.25, 0.3) is 0 Å². The quantitative estimate of drug-likeness (QED) is 0.793. The minimum absolute atomic E-state index is 0.306. The first-order chi connectivity index (χ1) is 7.96. The molecule has 1 rings (SSSR count). The lowest BCUT2D eigenvalue weighted by atomic mass is 9.88. The Morgan fingerprint density at radius 2 is 1.76 bits per heavy atom. The standard InChI is InChI=1S/C15H32N2/c1-7-12(4)14-10-17(13(8-2)9-3)15(5,6)11-16-14/h12-14,16H,7-11H2,1-6H3. The Bertz CT molecular complexity index is 221. The van der Waals surface area contributed by atoms with Crippen LogP contribution in [0.5, 0.6) is 0 Å². The van der Waals surface area contributed by atoms with Crippen LogP contribution in [-0.2, 0) is 0 Å². The number of hydrogen-bond donors (Lipinski definition) is 1. The van der Waals surface area contributed by atoms with Crippen molar-refractivity contribution in [3.05, 3.63) is 0 Å². The predicted molar refractivity (Wildman–Crippen MR) is 76.4 cm³/mol. The van der Waals surface area contributed by atoms with Gasteiger partial charge in [-0.15, -0.1) is 0 Å². The highest BCUT2D eigenvalue weighted by Crippen LogP contribution is 2.27. The van der Waals surface area contributed by atoms with Crippen LogP contribution in [0.4, 0.5) is 0 Å². The third-order valence-corrected chi connectivity index (χ3v) is 4.68. The van der Waals surface area contributed by atoms with E-state index in [1.807, 2.05) is 0 Å². The Hall–Kier alpha value is -0.0800. The van der Waals surface area contributed by atoms with Gasteiger partial charge in [0.15, 0.2) is 0 Å². The summed E-state index contributed by atoms with van der Waals surface area (Å²) in [6, 6.07) is 1.42. The highest BCUT2D eigenvalue weighted by molar-refractivity contribution is 4.96. The molecule has 0 aromatic carbocycles. The molecular formula is C15H32N2. The molecule has 1 aliphatic heterocycles. The minimum Gasteiger partial charge on any atom is -0.311 e. The zero-order valence-corrected chi connectivity index (χ0v) is 12.7. The van der Waals surface area contributed by atoms with E-state index >= 15 is 0 Å². The van der Waals surface area contributed by atoms with E-state index in [9.17, 15) is 0 Å². The second-order valence-electron chi connectivity index (χ2n) is 6.31. The molecule has 1 fully saturated rings. The topological polar surface area (TPSA) is 15.3 Å². The van der Waals surface area contributed by atoms with E-state index in [0.717, 1.165) is 18.5 Å². The number of hydrogen-bond acceptors (Lipinski definition) is 2. The SMILES string of the molecule is CCC(C)C1CN(C(CC)CC)C(C)(C)CN1. The highest BCUT2D eigenvalue weighted by Gasteiger charge is 2.37. The van der Waals surface area contributed by atoms with Gasteiger partial charge in [-0.05, 0) is 32.6 Å². The molecule has 1 heterocycles. The molecule has 0 amide bonds. The molecule has 0 bridgehead atoms. The number of piperazine rings is 1. The molecule has 1 N–H and O–H groups in total. The summed E-state index contributed by atoms with van der Waals surface area (Å²) in [6.07, 6.45) is 3.81. The Morgan fingerprint density at radius 3 is 2.24 bits per heavy atom. The zero-order chi connectivity index (χ0) is 13.1. The lowest BCUT2D eigenvalue weighted by molar-refractivity contribution is 0.0110. The van der Waals surface area contributed by atoms with Gasteiger partial charge in [-0.3, -0.25) is 4.90 Å². The van der Waals surface area contributed by atoms with E-state index in [2.05, 4.69) is 51.8 Å². The highest BCUT2D eigenvalue weighted by atomic mass is 15.3. The van der Waals surface area contributed by atoms with E-state index in [-0.39, 0.29) is 0 Å². The molecule has 2 atom stereocenters. The van der Waals surface area contributed by atoms with Crippen molar-refractivity contribution in [2.24, 2.45) is 5.92 Å². The summed E-state index contributed by atoms with van der Waals surface area (Å²) in [5, 5.41) is 3.75. The summed E-state index contributed by atoms with van der Waals surface area (Å²) in [6.45, 7) is 16.4. The van der Waals surface area contributed by atoms with Crippen molar-refractivity contribution in [2.45, 2.75) is 78.4 Å². The lowest BCUT2D eigenvalue weighted by Crippen LogP contribution is -2.65. The van der Waals surface area contributed by atoms with Gasteiger partial charge in [-0.2, -0.15) is 0 Å². The molecule has 2 unspecified atom stereocenters. The maximum atomic E-state index is 3.75. The van der Waals surface area contributed by atoms with Crippen LogP contribution >= 0.6 is 0 Å². The number of rotatable bonds is 5. The van der Waals surface area contributed by atoms with Crippen LogP contribution in [0, 0.1) is 5.92 Å². The summed E-state index contributed by atoms with van der Waals surface area (Å²) in [5.74, 6) is 0.781. The molecule has 0 spiro atoms. The maximum Gasteiger partial charge on any atom is 0.0281 e. The molecule has 1 aliphatic rings. The van der Waals surface area contributed by atoms with Crippen LogP contribution in [0.15, 0.2) is 0 Å². The van der Waals surface area contributed by atoms with E-state index in [0.29, 0.717) is 11.6 Å². The molecule has 2 nitrogen and oxygen atoms in total. The summed E-state index contributed by atoms with van der Waals surface area (Å²) >= 11 is 0. The van der Waals surface area contributed by atoms with Gasteiger partial charge in [0.1, 0.15) is 0 Å². The summed E-state index contributed by atoms with van der Waals surface area (Å²) < 4.78 is 0. The lowest BCUT2D eigenvalue weighted by Gasteiger charge is -2.51. The normalized spacial score (nSPS) is 27.4. The monoisotopic (exact) mass is 240 g/mol. The van der Waals surface area contributed by atoms with Gasteiger partial charge in [0.25, 0.3) is 0 Å². The van der Waals surface area contributed by atoms with Crippen LogP contribution in [0.3, 0.4) is 0 Å². The third kappa shape index (κ3) is 3.45. The molecule has 0 radical (unpaired) electrons. The molecule has 1 saturated heterocycles. The Morgan fingerprint density at radius 1 is 1.18 bits per heavy atom. The van der Waals surface area contributed by atoms with Gasteiger partial charge in [0.05, 0.1) is 0 Å². The van der Waals surface area contributed by atoms with Gasteiger partial charge in [-0.1, -0.05) is 34.1 Å². The average Bonchev–Trinajstić information content (AvgIpc) is 2.31. The predicted octanol–water partition coefficient (Wildman–Crippen LogP) is 3.27. The van der Waals surface area contributed by atoms with Crippen molar-refractivity contribution in [1.82, 2.24) is 10.2 Å². The molecule has 0 saturated carbocycles. The second kappa shape index (κ2) is 6.19. The fraction of sp³-hybridized carbons (Fsp3) is 1.00. The second-order valence-corrected chi connectivity index (χ2v) is 6.31. The minimum atomic E-state index is 0.306. The fourth-order valence-electron chi connectivity index (χ4n) is 3.04. The number of nitrogens with zero attached hydrogens (tertiary/aromatic N) is 1. The van der Waals surface area contributed by atoms with Crippen LogP contribution in [-0.4, -0.2) is 35.6 Å². The number of nitrogens with one attached hydrogen (secondary N) is 1. The summed E-state index contributed by atoms with van der Waals surface area (Å²) in [4.78, 5) is 2.75. The largest absolute Gasteiger partial charge is 0.311 e. The average molecular weight is 240 g/mol. The molecule has 0 aromatic rings. The fourth-order valence-corrected chi connectivity index (χ4v) is 3.04. The molecule has 0 aliphatic carbocycles. The van der Waals surface area contributed by atoms with Crippen molar-refractivity contribution >= 4 is 0 Å². The summed E-state index contributed by atoms with van der Waals surface area (Å²) in [7, 11) is 0. The van der Waals surface area contributed by atoms with Gasteiger partial charge in [-0.25, -0.2) is 0 Å². The Kier molecular flexibility index (Phi) is 5.46. The molecule has 102 valence electrons. The third-order valence-electron chi connectivity index (χ3n) is 4.68. The van der Waals surface area contributed by atoms with Crippen LogP contribution in [0.2, 0.25) is 0 Å². The van der Waals surface area contributed by atoms with Crippen LogP contribution in [0.1, 0.15) is 60.8 Å². The van der Waals surface area contributed by atoms with Crippen LogP contribution < -0.4 is 5.32 Å². The van der Waals surface area contributed by atoms with Gasteiger partial charge in [0.2, 0.25) is 0 Å². The molecule has 0 aromatic heterocycles. The maximum absolute atomic E-state index is 3.75. The molecular weight excluding hydrogens is 208 g/mol. The van der Waals surface area contributed by atoms with E-state index < -0.39 is 0 Å². The van der Waals surface area contributed by atoms with Crippen molar-refractivity contribution in [1.29, 1.82) is 0 Å². The van der Waals surface area contributed by atoms with Crippen molar-refractivity contribution in [3.63, 3.8) is 0 Å². The van der Waals surface area contributed by atoms with Crippen molar-refractivity contribution in [2.75, 3.05) is 13.1 Å². The van der Waals surface area contributed by atoms with Crippen molar-refractivity contribution < 1.29 is 0 Å². The first kappa shape index (κ1) is 15.0. The zero-order valence-electron chi connectivity index (χ0n) is 12.7. The first-order valence-electron chi connectivity index (χ1n) is 7.46. The van der Waals surface area contributed by atoms with Gasteiger partial charge < -0.3 is 5.32 Å². The first-order valence-corrected chi connectivity index (χ1v) is 7.46. The van der Waals surface area contributed by atoms with Gasteiger partial charge >= 0.3 is 0 Å². The van der Waals surface area contributed by atoms with E-state index in [4.69, 9.17) is 0 Å². The smallest absolute Gasteiger partial charge is 0.0281 e. The van der Waals surface area contributed by atoms with E-state index in [1.54, 1.807) is 0 Å². The summed E-state index contributed by atoms with van der Waals surface area (Å²) in [5.41, 5.74) is 0.306. The molecule has 17 heavy (non-hydrogen) atoms. The molecule has 2 heteroatoms. The van der Waals surface area contributed by atoms with E-state index in [1.165, 1.54) is 25.8 Å². The van der Waals surface area contributed by atoms with Gasteiger partial charge in [0, 0.05) is 30.7 Å².